The smallest absolute Gasteiger partial charge is 0.235 e. The Morgan fingerprint density at radius 3 is 1.69 bits per heavy atom. The molecule has 0 aliphatic rings. The van der Waals surface area contributed by atoms with Crippen LogP contribution in [0.25, 0.3) is 103 Å². The zero-order chi connectivity index (χ0) is 34.2. The molecule has 3 heterocycles. The van der Waals surface area contributed by atoms with Crippen molar-refractivity contribution in [2.75, 3.05) is 0 Å². The van der Waals surface area contributed by atoms with E-state index in [4.69, 9.17) is 9.97 Å². The summed E-state index contributed by atoms with van der Waals surface area (Å²) in [4.78, 5) is 11.0. The third kappa shape index (κ3) is 4.38. The molecular formula is C48H29N3S. The molecule has 242 valence electrons. The fourth-order valence-electron chi connectivity index (χ4n) is 8.07. The summed E-state index contributed by atoms with van der Waals surface area (Å²) in [5.41, 5.74) is 9.75. The Labute approximate surface area is 303 Å². The highest BCUT2D eigenvalue weighted by atomic mass is 32.1. The van der Waals surface area contributed by atoms with Gasteiger partial charge in [0, 0.05) is 47.3 Å². The molecule has 0 bridgehead atoms. The molecule has 0 aliphatic heterocycles. The minimum Gasteiger partial charge on any atom is -0.277 e. The van der Waals surface area contributed by atoms with Gasteiger partial charge in [-0.25, -0.2) is 9.97 Å². The summed E-state index contributed by atoms with van der Waals surface area (Å²) in [7, 11) is 0. The van der Waals surface area contributed by atoms with Crippen LogP contribution in [0.3, 0.4) is 0 Å². The van der Waals surface area contributed by atoms with E-state index in [0.29, 0.717) is 5.95 Å². The minimum atomic E-state index is 0.665. The summed E-state index contributed by atoms with van der Waals surface area (Å²) in [6.45, 7) is 0. The standard InChI is InChI=1S/C48H29N3S/c1-3-15-30(16-4-1)32-27-33(31-17-5-2-6-18-31)29-34(28-32)45-37-21-9-12-24-40(37)49-48(50-45)51-41-25-13-10-22-38(41)43-35-19-7-8-20-36(35)47-44(46(43)51)39-23-11-14-26-42(39)52-47/h1-29H. The molecule has 0 atom stereocenters. The average Bonchev–Trinajstić information content (AvgIpc) is 3.78. The lowest BCUT2D eigenvalue weighted by molar-refractivity contribution is 1.02. The maximum absolute atomic E-state index is 5.59. The molecule has 0 radical (unpaired) electrons. The van der Waals surface area contributed by atoms with Gasteiger partial charge in [0.05, 0.1) is 22.2 Å². The monoisotopic (exact) mass is 679 g/mol. The lowest BCUT2D eigenvalue weighted by atomic mass is 9.94. The molecule has 52 heavy (non-hydrogen) atoms. The Morgan fingerprint density at radius 2 is 0.962 bits per heavy atom. The van der Waals surface area contributed by atoms with Crippen molar-refractivity contribution in [3.8, 4) is 39.5 Å². The van der Waals surface area contributed by atoms with Crippen molar-refractivity contribution >= 4 is 75.0 Å². The van der Waals surface area contributed by atoms with E-state index in [2.05, 4.69) is 180 Å². The molecule has 11 aromatic rings. The molecule has 0 saturated heterocycles. The molecular weight excluding hydrogens is 651 g/mol. The van der Waals surface area contributed by atoms with Crippen LogP contribution in [-0.4, -0.2) is 14.5 Å². The molecule has 11 rings (SSSR count). The first-order chi connectivity index (χ1) is 25.8. The van der Waals surface area contributed by atoms with Crippen molar-refractivity contribution in [2.45, 2.75) is 0 Å². The topological polar surface area (TPSA) is 30.7 Å². The summed E-state index contributed by atoms with van der Waals surface area (Å²) in [5.74, 6) is 0.665. The van der Waals surface area contributed by atoms with Gasteiger partial charge < -0.3 is 0 Å². The third-order valence-electron chi connectivity index (χ3n) is 10.4. The summed E-state index contributed by atoms with van der Waals surface area (Å²) in [5, 5.41) is 8.48. The molecule has 0 saturated carbocycles. The van der Waals surface area contributed by atoms with Crippen molar-refractivity contribution in [3.05, 3.63) is 176 Å². The molecule has 0 spiro atoms. The lowest BCUT2D eigenvalue weighted by Crippen LogP contribution is -2.04. The Hall–Kier alpha value is -6.62. The van der Waals surface area contributed by atoms with E-state index in [1.165, 1.54) is 52.8 Å². The molecule has 0 aliphatic carbocycles. The second-order valence-corrected chi connectivity index (χ2v) is 14.4. The van der Waals surface area contributed by atoms with Crippen LogP contribution in [0, 0.1) is 0 Å². The number of nitrogens with zero attached hydrogens (tertiary/aromatic N) is 3. The number of fused-ring (bicyclic) bond motifs is 11. The van der Waals surface area contributed by atoms with Crippen LogP contribution in [0.4, 0.5) is 0 Å². The highest BCUT2D eigenvalue weighted by Gasteiger charge is 2.24. The fraction of sp³-hybridized carbons (Fsp3) is 0. The van der Waals surface area contributed by atoms with E-state index in [1.54, 1.807) is 0 Å². The number of rotatable bonds is 4. The van der Waals surface area contributed by atoms with E-state index < -0.39 is 0 Å². The van der Waals surface area contributed by atoms with Gasteiger partial charge in [0.2, 0.25) is 5.95 Å². The number of thiophene rings is 1. The Balaban J connectivity index is 1.29. The Morgan fingerprint density at radius 1 is 0.404 bits per heavy atom. The zero-order valence-corrected chi connectivity index (χ0v) is 28.8. The van der Waals surface area contributed by atoms with Gasteiger partial charge in [-0.1, -0.05) is 140 Å². The summed E-state index contributed by atoms with van der Waals surface area (Å²) in [6, 6.07) is 62.9. The summed E-state index contributed by atoms with van der Waals surface area (Å²) >= 11 is 1.87. The van der Waals surface area contributed by atoms with Crippen molar-refractivity contribution in [2.24, 2.45) is 0 Å². The van der Waals surface area contributed by atoms with Crippen molar-refractivity contribution in [1.82, 2.24) is 14.5 Å². The van der Waals surface area contributed by atoms with Crippen LogP contribution >= 0.6 is 11.3 Å². The molecule has 4 heteroatoms. The average molecular weight is 680 g/mol. The van der Waals surface area contributed by atoms with Gasteiger partial charge in [0.1, 0.15) is 0 Å². The first kappa shape index (κ1) is 29.1. The van der Waals surface area contributed by atoms with Gasteiger partial charge in [-0.15, -0.1) is 11.3 Å². The second-order valence-electron chi connectivity index (χ2n) is 13.3. The number of benzene rings is 8. The van der Waals surface area contributed by atoms with Crippen molar-refractivity contribution in [3.63, 3.8) is 0 Å². The SMILES string of the molecule is c1ccc(-c2cc(-c3ccccc3)cc(-c3nc(-n4c5ccccc5c5c6ccccc6c6sc7ccccc7c6c54)nc4ccccc34)c2)cc1. The first-order valence-electron chi connectivity index (χ1n) is 17.6. The molecule has 0 amide bonds. The number of aromatic nitrogens is 3. The number of para-hydroxylation sites is 2. The molecule has 0 unspecified atom stereocenters. The number of hydrogen-bond donors (Lipinski definition) is 0. The van der Waals surface area contributed by atoms with Gasteiger partial charge in [0.15, 0.2) is 0 Å². The van der Waals surface area contributed by atoms with Crippen LogP contribution in [0.2, 0.25) is 0 Å². The quantitative estimate of drug-likeness (QED) is 0.185. The normalized spacial score (nSPS) is 11.8. The fourth-order valence-corrected chi connectivity index (χ4v) is 9.31. The molecule has 0 N–H and O–H groups in total. The predicted octanol–water partition coefficient (Wildman–Crippen LogP) is 13.2. The largest absolute Gasteiger partial charge is 0.277 e. The van der Waals surface area contributed by atoms with Gasteiger partial charge in [0.25, 0.3) is 0 Å². The summed E-state index contributed by atoms with van der Waals surface area (Å²) in [6.07, 6.45) is 0. The van der Waals surface area contributed by atoms with Crippen LogP contribution in [-0.2, 0) is 0 Å². The molecule has 3 nitrogen and oxygen atoms in total. The van der Waals surface area contributed by atoms with E-state index in [1.807, 2.05) is 11.3 Å². The maximum Gasteiger partial charge on any atom is 0.235 e. The van der Waals surface area contributed by atoms with Crippen LogP contribution < -0.4 is 0 Å². The predicted molar refractivity (Wildman–Crippen MR) is 221 cm³/mol. The molecule has 0 fully saturated rings. The lowest BCUT2D eigenvalue weighted by Gasteiger charge is -2.15. The highest BCUT2D eigenvalue weighted by molar-refractivity contribution is 7.27. The van der Waals surface area contributed by atoms with E-state index in [9.17, 15) is 0 Å². The van der Waals surface area contributed by atoms with Crippen LogP contribution in [0.1, 0.15) is 0 Å². The second kappa shape index (κ2) is 11.5. The number of hydrogen-bond acceptors (Lipinski definition) is 3. The Bertz CT molecular complexity index is 3120. The van der Waals surface area contributed by atoms with Crippen LogP contribution in [0.15, 0.2) is 176 Å². The molecule has 3 aromatic heterocycles. The van der Waals surface area contributed by atoms with E-state index >= 15 is 0 Å². The van der Waals surface area contributed by atoms with Gasteiger partial charge in [-0.2, -0.15) is 0 Å². The van der Waals surface area contributed by atoms with Crippen LogP contribution in [0.5, 0.6) is 0 Å². The van der Waals surface area contributed by atoms with Crippen molar-refractivity contribution < 1.29 is 0 Å². The van der Waals surface area contributed by atoms with Gasteiger partial charge in [-0.3, -0.25) is 4.57 Å². The van der Waals surface area contributed by atoms with E-state index in [-0.39, 0.29) is 0 Å². The van der Waals surface area contributed by atoms with Gasteiger partial charge >= 0.3 is 0 Å². The third-order valence-corrected chi connectivity index (χ3v) is 11.6. The van der Waals surface area contributed by atoms with E-state index in [0.717, 1.165) is 44.3 Å². The first-order valence-corrected chi connectivity index (χ1v) is 18.4. The summed E-state index contributed by atoms with van der Waals surface area (Å²) < 4.78 is 4.89. The Kier molecular flexibility index (Phi) is 6.42. The van der Waals surface area contributed by atoms with Crippen molar-refractivity contribution in [1.29, 1.82) is 0 Å². The highest BCUT2D eigenvalue weighted by Crippen LogP contribution is 2.48. The maximum atomic E-state index is 5.59. The molecule has 8 aromatic carbocycles. The zero-order valence-electron chi connectivity index (χ0n) is 28.0. The van der Waals surface area contributed by atoms with Gasteiger partial charge in [-0.05, 0) is 64.0 Å². The minimum absolute atomic E-state index is 0.665.